The Bertz CT molecular complexity index is 555. The van der Waals surface area contributed by atoms with Crippen molar-refractivity contribution in [2.45, 2.75) is 6.92 Å². The van der Waals surface area contributed by atoms with Crippen molar-refractivity contribution in [3.8, 4) is 0 Å². The Morgan fingerprint density at radius 3 is 2.69 bits per heavy atom. The van der Waals surface area contributed by atoms with Gasteiger partial charge in [0.1, 0.15) is 0 Å². The Kier molecular flexibility index (Phi) is 2.42. The molecule has 0 aliphatic rings. The van der Waals surface area contributed by atoms with E-state index in [-0.39, 0.29) is 5.91 Å². The van der Waals surface area contributed by atoms with Crippen molar-refractivity contribution in [3.63, 3.8) is 0 Å². The average Bonchev–Trinajstić information content (AvgIpc) is 2.55. The van der Waals surface area contributed by atoms with Gasteiger partial charge in [-0.25, -0.2) is 0 Å². The van der Waals surface area contributed by atoms with Crippen LogP contribution in [0.1, 0.15) is 16.1 Å². The van der Waals surface area contributed by atoms with Crippen molar-refractivity contribution in [2.24, 2.45) is 7.05 Å². The summed E-state index contributed by atoms with van der Waals surface area (Å²) < 4.78 is 1.75. The van der Waals surface area contributed by atoms with E-state index in [9.17, 15) is 4.79 Å². The number of hydrogen-bond acceptors (Lipinski definition) is 2. The molecule has 0 spiro atoms. The van der Waals surface area contributed by atoms with Crippen LogP contribution in [-0.4, -0.2) is 34.7 Å². The van der Waals surface area contributed by atoms with E-state index in [1.165, 1.54) is 5.56 Å². The van der Waals surface area contributed by atoms with Crippen LogP contribution in [0.3, 0.4) is 0 Å². The van der Waals surface area contributed by atoms with Gasteiger partial charge < -0.3 is 4.90 Å². The quantitative estimate of drug-likeness (QED) is 0.727. The molecule has 0 aliphatic heterocycles. The van der Waals surface area contributed by atoms with Gasteiger partial charge in [-0.05, 0) is 18.6 Å². The van der Waals surface area contributed by atoms with Gasteiger partial charge in [-0.2, -0.15) is 5.10 Å². The van der Waals surface area contributed by atoms with E-state index < -0.39 is 0 Å². The zero-order valence-corrected chi connectivity index (χ0v) is 9.98. The van der Waals surface area contributed by atoms with Gasteiger partial charge in [0.05, 0.1) is 5.52 Å². The van der Waals surface area contributed by atoms with Crippen molar-refractivity contribution in [1.82, 2.24) is 14.7 Å². The molecule has 2 aromatic rings. The molecule has 0 fully saturated rings. The lowest BCUT2D eigenvalue weighted by Crippen LogP contribution is -2.22. The molecule has 2 rings (SSSR count). The van der Waals surface area contributed by atoms with Crippen LogP contribution in [0.5, 0.6) is 0 Å². The van der Waals surface area contributed by atoms with Crippen LogP contribution in [0.4, 0.5) is 0 Å². The number of carbonyl (C=O) groups excluding carboxylic acids is 1. The first kappa shape index (κ1) is 10.7. The molecule has 0 N–H and O–H groups in total. The predicted molar refractivity (Wildman–Crippen MR) is 63.5 cm³/mol. The zero-order valence-electron chi connectivity index (χ0n) is 9.98. The molecule has 0 aliphatic carbocycles. The highest BCUT2D eigenvalue weighted by Gasteiger charge is 2.17. The molecule has 4 nitrogen and oxygen atoms in total. The predicted octanol–water partition coefficient (Wildman–Crippen LogP) is 1.58. The summed E-state index contributed by atoms with van der Waals surface area (Å²) in [6, 6.07) is 5.99. The number of rotatable bonds is 1. The zero-order chi connectivity index (χ0) is 11.9. The molecule has 0 saturated carbocycles. The minimum absolute atomic E-state index is 0.0607. The fourth-order valence-electron chi connectivity index (χ4n) is 1.74. The van der Waals surface area contributed by atoms with Crippen LogP contribution < -0.4 is 0 Å². The Hall–Kier alpha value is -1.84. The molecular formula is C12H15N3O. The van der Waals surface area contributed by atoms with E-state index in [4.69, 9.17) is 0 Å². The largest absolute Gasteiger partial charge is 0.343 e. The monoisotopic (exact) mass is 217 g/mol. The van der Waals surface area contributed by atoms with Crippen molar-refractivity contribution in [2.75, 3.05) is 14.1 Å². The number of aryl methyl sites for hydroxylation is 2. The molecule has 4 heteroatoms. The van der Waals surface area contributed by atoms with Gasteiger partial charge in [0.2, 0.25) is 0 Å². The first-order valence-electron chi connectivity index (χ1n) is 5.15. The van der Waals surface area contributed by atoms with E-state index in [0.717, 1.165) is 10.9 Å². The van der Waals surface area contributed by atoms with E-state index in [1.807, 2.05) is 32.2 Å². The fourth-order valence-corrected chi connectivity index (χ4v) is 1.74. The Balaban J connectivity index is 2.69. The van der Waals surface area contributed by atoms with Crippen LogP contribution in [0.15, 0.2) is 18.2 Å². The van der Waals surface area contributed by atoms with Gasteiger partial charge >= 0.3 is 0 Å². The average molecular weight is 217 g/mol. The first-order chi connectivity index (χ1) is 7.50. The summed E-state index contributed by atoms with van der Waals surface area (Å²) >= 11 is 0. The van der Waals surface area contributed by atoms with Crippen molar-refractivity contribution < 1.29 is 4.79 Å². The Labute approximate surface area is 94.5 Å². The van der Waals surface area contributed by atoms with Gasteiger partial charge in [-0.1, -0.05) is 12.1 Å². The standard InChI is InChI=1S/C12H15N3O/c1-8-5-6-9-10(7-8)15(4)13-11(9)12(16)14(2)3/h5-7H,1-4H3. The Morgan fingerprint density at radius 2 is 2.06 bits per heavy atom. The van der Waals surface area contributed by atoms with Gasteiger partial charge in [-0.3, -0.25) is 9.48 Å². The molecular weight excluding hydrogens is 202 g/mol. The third-order valence-electron chi connectivity index (χ3n) is 2.62. The van der Waals surface area contributed by atoms with Gasteiger partial charge in [0.25, 0.3) is 5.91 Å². The van der Waals surface area contributed by atoms with Gasteiger partial charge in [0.15, 0.2) is 5.69 Å². The maximum atomic E-state index is 11.9. The van der Waals surface area contributed by atoms with Crippen molar-refractivity contribution >= 4 is 16.8 Å². The molecule has 0 unspecified atom stereocenters. The van der Waals surface area contributed by atoms with Gasteiger partial charge in [-0.15, -0.1) is 0 Å². The molecule has 0 radical (unpaired) electrons. The highest BCUT2D eigenvalue weighted by Crippen LogP contribution is 2.20. The summed E-state index contributed by atoms with van der Waals surface area (Å²) in [5.74, 6) is -0.0607. The lowest BCUT2D eigenvalue weighted by molar-refractivity contribution is 0.0823. The molecule has 1 heterocycles. The maximum Gasteiger partial charge on any atom is 0.274 e. The molecule has 0 bridgehead atoms. The number of carbonyl (C=O) groups is 1. The summed E-state index contributed by atoms with van der Waals surface area (Å²) in [6.45, 7) is 2.03. The fraction of sp³-hybridized carbons (Fsp3) is 0.333. The van der Waals surface area contributed by atoms with E-state index >= 15 is 0 Å². The smallest absolute Gasteiger partial charge is 0.274 e. The van der Waals surface area contributed by atoms with E-state index in [2.05, 4.69) is 5.10 Å². The topological polar surface area (TPSA) is 38.1 Å². The van der Waals surface area contributed by atoms with E-state index in [1.54, 1.807) is 23.7 Å². The molecule has 16 heavy (non-hydrogen) atoms. The third kappa shape index (κ3) is 1.56. The summed E-state index contributed by atoms with van der Waals surface area (Å²) in [5.41, 5.74) is 2.67. The molecule has 1 aromatic carbocycles. The van der Waals surface area contributed by atoms with Crippen LogP contribution in [0.2, 0.25) is 0 Å². The summed E-state index contributed by atoms with van der Waals surface area (Å²) in [4.78, 5) is 13.5. The Morgan fingerprint density at radius 1 is 1.38 bits per heavy atom. The normalized spacial score (nSPS) is 10.8. The maximum absolute atomic E-state index is 11.9. The second-order valence-corrected chi connectivity index (χ2v) is 4.19. The number of aromatic nitrogens is 2. The number of fused-ring (bicyclic) bond motifs is 1. The van der Waals surface area contributed by atoms with Gasteiger partial charge in [0, 0.05) is 26.5 Å². The molecule has 0 saturated heterocycles. The minimum atomic E-state index is -0.0607. The summed E-state index contributed by atoms with van der Waals surface area (Å²) in [6.07, 6.45) is 0. The third-order valence-corrected chi connectivity index (χ3v) is 2.62. The van der Waals surface area contributed by atoms with Crippen LogP contribution in [0.25, 0.3) is 10.9 Å². The molecule has 1 aromatic heterocycles. The highest BCUT2D eigenvalue weighted by molar-refractivity contribution is 6.04. The SMILES string of the molecule is Cc1ccc2c(C(=O)N(C)C)nn(C)c2c1. The number of benzene rings is 1. The van der Waals surface area contributed by atoms with Crippen molar-refractivity contribution in [1.29, 1.82) is 0 Å². The molecule has 84 valence electrons. The second-order valence-electron chi connectivity index (χ2n) is 4.19. The van der Waals surface area contributed by atoms with Crippen LogP contribution >= 0.6 is 0 Å². The molecule has 1 amide bonds. The van der Waals surface area contributed by atoms with Crippen LogP contribution in [0, 0.1) is 6.92 Å². The van der Waals surface area contributed by atoms with Crippen molar-refractivity contribution in [3.05, 3.63) is 29.5 Å². The van der Waals surface area contributed by atoms with E-state index in [0.29, 0.717) is 5.69 Å². The lowest BCUT2D eigenvalue weighted by atomic mass is 10.1. The number of hydrogen-bond donors (Lipinski definition) is 0. The summed E-state index contributed by atoms with van der Waals surface area (Å²) in [5, 5.41) is 5.19. The number of amides is 1. The first-order valence-corrected chi connectivity index (χ1v) is 5.15. The minimum Gasteiger partial charge on any atom is -0.343 e. The number of nitrogens with zero attached hydrogens (tertiary/aromatic N) is 3. The van der Waals surface area contributed by atoms with Crippen LogP contribution in [-0.2, 0) is 7.05 Å². The highest BCUT2D eigenvalue weighted by atomic mass is 16.2. The molecule has 0 atom stereocenters. The second kappa shape index (κ2) is 3.63. The summed E-state index contributed by atoms with van der Waals surface area (Å²) in [7, 11) is 5.32. The lowest BCUT2D eigenvalue weighted by Gasteiger charge is -2.07.